The summed E-state index contributed by atoms with van der Waals surface area (Å²) in [5.74, 6) is -0.785. The Labute approximate surface area is 177 Å². The molecule has 7 nitrogen and oxygen atoms in total. The van der Waals surface area contributed by atoms with Crippen LogP contribution in [0.15, 0.2) is 47.4 Å². The number of benzene rings is 2. The molecule has 0 atom stereocenters. The SMILES string of the molecule is Cc1ccc(S(=O)(=O)NC2CC2)cc1C(=O)Nc1ccccc1C(=O)NC(C)(C)C. The molecule has 160 valence electrons. The molecule has 30 heavy (non-hydrogen) atoms. The van der Waals surface area contributed by atoms with E-state index in [0.717, 1.165) is 12.8 Å². The van der Waals surface area contributed by atoms with Crippen LogP contribution in [-0.2, 0) is 10.0 Å². The first-order valence-corrected chi connectivity index (χ1v) is 11.3. The molecule has 3 rings (SSSR count). The van der Waals surface area contributed by atoms with Crippen LogP contribution in [0.2, 0.25) is 0 Å². The number of aryl methyl sites for hydroxylation is 1. The van der Waals surface area contributed by atoms with E-state index >= 15 is 0 Å². The highest BCUT2D eigenvalue weighted by Crippen LogP contribution is 2.24. The minimum atomic E-state index is -3.68. The summed E-state index contributed by atoms with van der Waals surface area (Å²) in [5.41, 5.74) is 1.13. The minimum absolute atomic E-state index is 0.0261. The van der Waals surface area contributed by atoms with Gasteiger partial charge in [0.2, 0.25) is 10.0 Å². The Morgan fingerprint density at radius 3 is 2.27 bits per heavy atom. The number of anilines is 1. The number of sulfonamides is 1. The molecular weight excluding hydrogens is 402 g/mol. The maximum Gasteiger partial charge on any atom is 0.255 e. The van der Waals surface area contributed by atoms with Crippen LogP contribution in [0, 0.1) is 6.92 Å². The van der Waals surface area contributed by atoms with Crippen LogP contribution in [0.3, 0.4) is 0 Å². The van der Waals surface area contributed by atoms with Gasteiger partial charge >= 0.3 is 0 Å². The largest absolute Gasteiger partial charge is 0.347 e. The standard InChI is InChI=1S/C22H27N3O4S/c1-14-9-12-16(30(28,29)25-15-10-11-15)13-18(14)20(26)23-19-8-6-5-7-17(19)21(27)24-22(2,3)4/h5-9,12-13,15,25H,10-11H2,1-4H3,(H,23,26)(H,24,27). The van der Waals surface area contributed by atoms with Crippen molar-refractivity contribution in [3.63, 3.8) is 0 Å². The fraction of sp³-hybridized carbons (Fsp3) is 0.364. The molecule has 0 unspecified atom stereocenters. The summed E-state index contributed by atoms with van der Waals surface area (Å²) in [6.45, 7) is 7.35. The van der Waals surface area contributed by atoms with Gasteiger partial charge in [0.15, 0.2) is 0 Å². The Morgan fingerprint density at radius 1 is 0.967 bits per heavy atom. The van der Waals surface area contributed by atoms with Gasteiger partial charge in [-0.25, -0.2) is 13.1 Å². The van der Waals surface area contributed by atoms with Gasteiger partial charge in [-0.3, -0.25) is 9.59 Å². The van der Waals surface area contributed by atoms with Gasteiger partial charge in [0.05, 0.1) is 16.1 Å². The lowest BCUT2D eigenvalue weighted by Crippen LogP contribution is -2.40. The number of amides is 2. The van der Waals surface area contributed by atoms with E-state index in [2.05, 4.69) is 15.4 Å². The number of carbonyl (C=O) groups is 2. The highest BCUT2D eigenvalue weighted by atomic mass is 32.2. The number of hydrogen-bond acceptors (Lipinski definition) is 4. The minimum Gasteiger partial charge on any atom is -0.347 e. The van der Waals surface area contributed by atoms with Crippen molar-refractivity contribution in [2.24, 2.45) is 0 Å². The Kier molecular flexibility index (Phi) is 6.01. The van der Waals surface area contributed by atoms with Gasteiger partial charge in [0.1, 0.15) is 0 Å². The van der Waals surface area contributed by atoms with Gasteiger partial charge in [0.25, 0.3) is 11.8 Å². The molecule has 0 heterocycles. The number of hydrogen-bond donors (Lipinski definition) is 3. The normalized spacial score (nSPS) is 14.3. The second-order valence-electron chi connectivity index (χ2n) is 8.58. The number of rotatable bonds is 6. The molecule has 1 aliphatic rings. The van der Waals surface area contributed by atoms with Gasteiger partial charge in [-0.05, 0) is 70.4 Å². The van der Waals surface area contributed by atoms with Crippen molar-refractivity contribution >= 4 is 27.5 Å². The van der Waals surface area contributed by atoms with Crippen LogP contribution in [0.5, 0.6) is 0 Å². The molecule has 1 fully saturated rings. The van der Waals surface area contributed by atoms with Crippen LogP contribution in [0.4, 0.5) is 5.69 Å². The van der Waals surface area contributed by atoms with Crippen LogP contribution in [0.1, 0.15) is 59.9 Å². The van der Waals surface area contributed by atoms with E-state index in [1.165, 1.54) is 12.1 Å². The summed E-state index contributed by atoms with van der Waals surface area (Å²) >= 11 is 0. The monoisotopic (exact) mass is 429 g/mol. The smallest absolute Gasteiger partial charge is 0.255 e. The van der Waals surface area contributed by atoms with Crippen molar-refractivity contribution in [3.05, 3.63) is 59.2 Å². The van der Waals surface area contributed by atoms with E-state index in [1.54, 1.807) is 37.3 Å². The van der Waals surface area contributed by atoms with Gasteiger partial charge < -0.3 is 10.6 Å². The van der Waals surface area contributed by atoms with Crippen molar-refractivity contribution in [1.29, 1.82) is 0 Å². The Balaban J connectivity index is 1.86. The van der Waals surface area contributed by atoms with E-state index in [1.807, 2.05) is 20.8 Å². The van der Waals surface area contributed by atoms with Crippen molar-refractivity contribution in [2.75, 3.05) is 5.32 Å². The molecule has 1 saturated carbocycles. The predicted molar refractivity (Wildman–Crippen MR) is 116 cm³/mol. The third-order valence-corrected chi connectivity index (χ3v) is 6.09. The van der Waals surface area contributed by atoms with E-state index in [9.17, 15) is 18.0 Å². The molecule has 2 aromatic carbocycles. The van der Waals surface area contributed by atoms with Crippen LogP contribution in [0.25, 0.3) is 0 Å². The van der Waals surface area contributed by atoms with Gasteiger partial charge in [-0.15, -0.1) is 0 Å². The Bertz CT molecular complexity index is 1080. The van der Waals surface area contributed by atoms with E-state index in [-0.39, 0.29) is 22.4 Å². The topological polar surface area (TPSA) is 104 Å². The molecule has 2 aromatic rings. The van der Waals surface area contributed by atoms with Crippen molar-refractivity contribution < 1.29 is 18.0 Å². The second kappa shape index (κ2) is 8.20. The molecule has 0 aliphatic heterocycles. The summed E-state index contributed by atoms with van der Waals surface area (Å²) in [4.78, 5) is 25.6. The summed E-state index contributed by atoms with van der Waals surface area (Å²) < 4.78 is 27.6. The molecule has 3 N–H and O–H groups in total. The summed E-state index contributed by atoms with van der Waals surface area (Å²) in [7, 11) is -3.68. The second-order valence-corrected chi connectivity index (χ2v) is 10.3. The number of carbonyl (C=O) groups excluding carboxylic acids is 2. The lowest BCUT2D eigenvalue weighted by molar-refractivity contribution is 0.0920. The lowest BCUT2D eigenvalue weighted by Gasteiger charge is -2.21. The average molecular weight is 430 g/mol. The molecular formula is C22H27N3O4S. The molecule has 1 aliphatic carbocycles. The van der Waals surface area contributed by atoms with E-state index < -0.39 is 21.5 Å². The number of para-hydroxylation sites is 1. The van der Waals surface area contributed by atoms with E-state index in [4.69, 9.17) is 0 Å². The third-order valence-electron chi connectivity index (χ3n) is 4.57. The first-order chi connectivity index (χ1) is 14.0. The molecule has 0 saturated heterocycles. The third kappa shape index (κ3) is 5.46. The van der Waals surface area contributed by atoms with Crippen LogP contribution >= 0.6 is 0 Å². The highest BCUT2D eigenvalue weighted by Gasteiger charge is 2.28. The summed E-state index contributed by atoms with van der Waals surface area (Å²) in [5, 5.41) is 5.63. The molecule has 2 amide bonds. The summed E-state index contributed by atoms with van der Waals surface area (Å²) in [6.07, 6.45) is 1.65. The summed E-state index contributed by atoms with van der Waals surface area (Å²) in [6, 6.07) is 11.1. The average Bonchev–Trinajstić information content (AvgIpc) is 3.44. The van der Waals surface area contributed by atoms with E-state index in [0.29, 0.717) is 16.8 Å². The van der Waals surface area contributed by atoms with Crippen LogP contribution in [-0.4, -0.2) is 31.8 Å². The van der Waals surface area contributed by atoms with Crippen LogP contribution < -0.4 is 15.4 Å². The predicted octanol–water partition coefficient (Wildman–Crippen LogP) is 3.22. The zero-order chi connectivity index (χ0) is 22.1. The van der Waals surface area contributed by atoms with Gasteiger partial charge in [-0.1, -0.05) is 18.2 Å². The maximum atomic E-state index is 13.0. The molecule has 0 spiro atoms. The van der Waals surface area contributed by atoms with Gasteiger partial charge in [-0.2, -0.15) is 0 Å². The number of nitrogens with one attached hydrogen (secondary N) is 3. The fourth-order valence-electron chi connectivity index (χ4n) is 2.89. The zero-order valence-corrected chi connectivity index (χ0v) is 18.4. The lowest BCUT2D eigenvalue weighted by atomic mass is 10.1. The zero-order valence-electron chi connectivity index (χ0n) is 17.6. The van der Waals surface area contributed by atoms with Crippen molar-refractivity contribution in [3.8, 4) is 0 Å². The molecule has 8 heteroatoms. The van der Waals surface area contributed by atoms with Crippen molar-refractivity contribution in [1.82, 2.24) is 10.0 Å². The molecule has 0 radical (unpaired) electrons. The molecule has 0 bridgehead atoms. The highest BCUT2D eigenvalue weighted by molar-refractivity contribution is 7.89. The van der Waals surface area contributed by atoms with Gasteiger partial charge in [0, 0.05) is 17.1 Å². The quantitative estimate of drug-likeness (QED) is 0.656. The van der Waals surface area contributed by atoms with Crippen molar-refractivity contribution in [2.45, 2.75) is 57.0 Å². The first kappa shape index (κ1) is 22.0. The fourth-order valence-corrected chi connectivity index (χ4v) is 4.22. The Morgan fingerprint density at radius 2 is 1.63 bits per heavy atom. The maximum absolute atomic E-state index is 13.0. The first-order valence-electron chi connectivity index (χ1n) is 9.82. The Hall–Kier alpha value is -2.71. The molecule has 0 aromatic heterocycles.